The van der Waals surface area contributed by atoms with Gasteiger partial charge in [0.25, 0.3) is 0 Å². The molecular formula is C20H22F3N3O2. The van der Waals surface area contributed by atoms with Crippen LogP contribution in [0.15, 0.2) is 42.6 Å². The standard InChI is InChI=1S/C20H22F3N3O2/c1-28-19(27)9-6-15-4-7-16(8-5-15)17-3-2-11-25(17)13-14-26-12-10-18(24-26)20(21,22)23/h4-10,12,17H,2-3,11,13-14H2,1H3/t17-/m0/s1. The Labute approximate surface area is 161 Å². The van der Waals surface area contributed by atoms with E-state index >= 15 is 0 Å². The van der Waals surface area contributed by atoms with E-state index in [9.17, 15) is 18.0 Å². The molecule has 1 saturated heterocycles. The zero-order valence-corrected chi connectivity index (χ0v) is 15.5. The van der Waals surface area contributed by atoms with Crippen LogP contribution < -0.4 is 0 Å². The molecule has 1 fully saturated rings. The monoisotopic (exact) mass is 393 g/mol. The molecule has 5 nitrogen and oxygen atoms in total. The van der Waals surface area contributed by atoms with Gasteiger partial charge in [0.1, 0.15) is 0 Å². The van der Waals surface area contributed by atoms with E-state index in [1.807, 2.05) is 24.3 Å². The largest absolute Gasteiger partial charge is 0.466 e. The first-order chi connectivity index (χ1) is 13.4. The van der Waals surface area contributed by atoms with Crippen LogP contribution in [0.25, 0.3) is 6.08 Å². The second-order valence-electron chi connectivity index (χ2n) is 6.68. The van der Waals surface area contributed by atoms with Crippen molar-refractivity contribution in [3.05, 3.63) is 59.4 Å². The number of benzene rings is 1. The molecule has 28 heavy (non-hydrogen) atoms. The molecule has 0 spiro atoms. The first-order valence-corrected chi connectivity index (χ1v) is 9.07. The van der Waals surface area contributed by atoms with Gasteiger partial charge in [-0.25, -0.2) is 4.79 Å². The van der Waals surface area contributed by atoms with Gasteiger partial charge in [0.05, 0.1) is 13.7 Å². The summed E-state index contributed by atoms with van der Waals surface area (Å²) in [6.45, 7) is 1.95. The van der Waals surface area contributed by atoms with Crippen molar-refractivity contribution >= 4 is 12.0 Å². The highest BCUT2D eigenvalue weighted by Crippen LogP contribution is 2.32. The predicted molar refractivity (Wildman–Crippen MR) is 98.3 cm³/mol. The second kappa shape index (κ2) is 8.60. The number of alkyl halides is 3. The number of carbonyl (C=O) groups excluding carboxylic acids is 1. The number of carbonyl (C=O) groups is 1. The van der Waals surface area contributed by atoms with Gasteiger partial charge in [-0.3, -0.25) is 9.58 Å². The van der Waals surface area contributed by atoms with Crippen molar-refractivity contribution < 1.29 is 22.7 Å². The zero-order chi connectivity index (χ0) is 20.1. The molecule has 0 N–H and O–H groups in total. The van der Waals surface area contributed by atoms with Gasteiger partial charge in [0, 0.05) is 24.9 Å². The first kappa shape index (κ1) is 20.1. The van der Waals surface area contributed by atoms with Crippen LogP contribution in [0.3, 0.4) is 0 Å². The number of methoxy groups -OCH3 is 1. The highest BCUT2D eigenvalue weighted by atomic mass is 19.4. The molecule has 8 heteroatoms. The minimum absolute atomic E-state index is 0.233. The Morgan fingerprint density at radius 2 is 2.00 bits per heavy atom. The molecule has 2 aromatic rings. The van der Waals surface area contributed by atoms with Gasteiger partial charge in [-0.05, 0) is 42.7 Å². The van der Waals surface area contributed by atoms with Gasteiger partial charge in [0.15, 0.2) is 5.69 Å². The number of aromatic nitrogens is 2. The van der Waals surface area contributed by atoms with Crippen LogP contribution in [0.2, 0.25) is 0 Å². The number of rotatable bonds is 6. The van der Waals surface area contributed by atoms with Crippen molar-refractivity contribution in [1.82, 2.24) is 14.7 Å². The average Bonchev–Trinajstić information content (AvgIpc) is 3.33. The van der Waals surface area contributed by atoms with E-state index in [4.69, 9.17) is 0 Å². The van der Waals surface area contributed by atoms with E-state index in [1.54, 1.807) is 6.08 Å². The normalized spacial score (nSPS) is 18.1. The fourth-order valence-electron chi connectivity index (χ4n) is 3.40. The fourth-order valence-corrected chi connectivity index (χ4v) is 3.40. The minimum Gasteiger partial charge on any atom is -0.466 e. The summed E-state index contributed by atoms with van der Waals surface area (Å²) in [5.74, 6) is -0.404. The lowest BCUT2D eigenvalue weighted by atomic mass is 10.0. The summed E-state index contributed by atoms with van der Waals surface area (Å²) in [4.78, 5) is 13.4. The number of nitrogens with zero attached hydrogens (tertiary/aromatic N) is 3. The maximum Gasteiger partial charge on any atom is 0.435 e. The molecule has 150 valence electrons. The van der Waals surface area contributed by atoms with Crippen LogP contribution in [0.1, 0.15) is 35.7 Å². The quantitative estimate of drug-likeness (QED) is 0.551. The minimum atomic E-state index is -4.41. The highest BCUT2D eigenvalue weighted by Gasteiger charge is 2.33. The Balaban J connectivity index is 1.60. The lowest BCUT2D eigenvalue weighted by Crippen LogP contribution is -2.27. The van der Waals surface area contributed by atoms with Crippen molar-refractivity contribution in [2.45, 2.75) is 31.6 Å². The summed E-state index contributed by atoms with van der Waals surface area (Å²) in [5.41, 5.74) is 1.19. The average molecular weight is 393 g/mol. The summed E-state index contributed by atoms with van der Waals surface area (Å²) in [6, 6.07) is 9.16. The van der Waals surface area contributed by atoms with E-state index in [2.05, 4.69) is 14.7 Å². The van der Waals surface area contributed by atoms with E-state index in [-0.39, 0.29) is 6.04 Å². The third kappa shape index (κ3) is 5.01. The lowest BCUT2D eigenvalue weighted by Gasteiger charge is -2.25. The molecule has 1 aliphatic heterocycles. The van der Waals surface area contributed by atoms with Gasteiger partial charge in [-0.2, -0.15) is 18.3 Å². The van der Waals surface area contributed by atoms with Gasteiger partial charge in [-0.1, -0.05) is 24.3 Å². The Hall–Kier alpha value is -2.61. The molecule has 1 aliphatic rings. The van der Waals surface area contributed by atoms with E-state index in [1.165, 1.54) is 24.1 Å². The van der Waals surface area contributed by atoms with Gasteiger partial charge >= 0.3 is 12.1 Å². The molecule has 1 aromatic heterocycles. The molecule has 1 aromatic carbocycles. The van der Waals surface area contributed by atoms with Crippen LogP contribution in [0.5, 0.6) is 0 Å². The van der Waals surface area contributed by atoms with Crippen molar-refractivity contribution in [2.75, 3.05) is 20.2 Å². The van der Waals surface area contributed by atoms with Gasteiger partial charge in [-0.15, -0.1) is 0 Å². The molecule has 0 radical (unpaired) electrons. The third-order valence-electron chi connectivity index (χ3n) is 4.85. The summed E-state index contributed by atoms with van der Waals surface area (Å²) in [5, 5.41) is 3.61. The Morgan fingerprint density at radius 3 is 2.64 bits per heavy atom. The Morgan fingerprint density at radius 1 is 1.25 bits per heavy atom. The fraction of sp³-hybridized carbons (Fsp3) is 0.400. The van der Waals surface area contributed by atoms with Gasteiger partial charge in [0.2, 0.25) is 0 Å². The van der Waals surface area contributed by atoms with Crippen LogP contribution in [-0.4, -0.2) is 40.8 Å². The summed E-state index contributed by atoms with van der Waals surface area (Å²) in [6.07, 6.45) is 2.07. The SMILES string of the molecule is COC(=O)C=Cc1ccc([C@@H]2CCCN2CCn2ccc(C(F)(F)F)n2)cc1. The number of likely N-dealkylation sites (tertiary alicyclic amines) is 1. The highest BCUT2D eigenvalue weighted by molar-refractivity contribution is 5.86. The molecular weight excluding hydrogens is 371 g/mol. The zero-order valence-electron chi connectivity index (χ0n) is 15.5. The number of esters is 1. The van der Waals surface area contributed by atoms with Crippen LogP contribution in [-0.2, 0) is 22.3 Å². The maximum atomic E-state index is 12.7. The van der Waals surface area contributed by atoms with E-state index in [0.717, 1.165) is 36.6 Å². The molecule has 0 aliphatic carbocycles. The second-order valence-corrected chi connectivity index (χ2v) is 6.68. The Kier molecular flexibility index (Phi) is 6.18. The van der Waals surface area contributed by atoms with Crippen molar-refractivity contribution in [3.8, 4) is 0 Å². The Bertz CT molecular complexity index is 828. The van der Waals surface area contributed by atoms with Gasteiger partial charge < -0.3 is 4.74 Å². The van der Waals surface area contributed by atoms with Crippen LogP contribution in [0.4, 0.5) is 13.2 Å². The molecule has 0 amide bonds. The van der Waals surface area contributed by atoms with Crippen molar-refractivity contribution in [3.63, 3.8) is 0 Å². The van der Waals surface area contributed by atoms with E-state index < -0.39 is 17.8 Å². The summed E-state index contributed by atoms with van der Waals surface area (Å²) >= 11 is 0. The summed E-state index contributed by atoms with van der Waals surface area (Å²) < 4.78 is 43.9. The van der Waals surface area contributed by atoms with Crippen molar-refractivity contribution in [1.29, 1.82) is 0 Å². The number of hydrogen-bond acceptors (Lipinski definition) is 4. The number of ether oxygens (including phenoxy) is 1. The third-order valence-corrected chi connectivity index (χ3v) is 4.85. The molecule has 0 bridgehead atoms. The van der Waals surface area contributed by atoms with Crippen LogP contribution in [0, 0.1) is 0 Å². The van der Waals surface area contributed by atoms with E-state index in [0.29, 0.717) is 13.1 Å². The number of halogens is 3. The van der Waals surface area contributed by atoms with Crippen molar-refractivity contribution in [2.24, 2.45) is 0 Å². The maximum absolute atomic E-state index is 12.7. The predicted octanol–water partition coefficient (Wildman–Crippen LogP) is 3.93. The topological polar surface area (TPSA) is 47.4 Å². The molecule has 0 saturated carbocycles. The van der Waals surface area contributed by atoms with Crippen LogP contribution >= 0.6 is 0 Å². The molecule has 3 rings (SSSR count). The summed E-state index contributed by atoms with van der Waals surface area (Å²) in [7, 11) is 1.33. The first-order valence-electron chi connectivity index (χ1n) is 9.07. The molecule has 2 heterocycles. The molecule has 0 unspecified atom stereocenters. The smallest absolute Gasteiger partial charge is 0.435 e. The lowest BCUT2D eigenvalue weighted by molar-refractivity contribution is -0.141. The molecule has 1 atom stereocenters. The number of hydrogen-bond donors (Lipinski definition) is 0.